The van der Waals surface area contributed by atoms with Crippen molar-refractivity contribution < 1.29 is 19.1 Å². The maximum atomic E-state index is 12.9. The second-order valence-electron chi connectivity index (χ2n) is 7.35. The Balaban J connectivity index is 1.53. The number of amides is 2. The number of hydrogen-bond acceptors (Lipinski definition) is 4. The molecule has 27 heavy (non-hydrogen) atoms. The molecule has 0 aliphatic carbocycles. The van der Waals surface area contributed by atoms with Gasteiger partial charge < -0.3 is 14.5 Å². The van der Waals surface area contributed by atoms with E-state index in [1.165, 1.54) is 5.56 Å². The van der Waals surface area contributed by atoms with Gasteiger partial charge >= 0.3 is 5.97 Å². The second kappa shape index (κ2) is 9.02. The summed E-state index contributed by atoms with van der Waals surface area (Å²) in [5, 5.41) is 0. The Morgan fingerprint density at radius 2 is 1.93 bits per heavy atom. The highest BCUT2D eigenvalue weighted by Gasteiger charge is 2.38. The van der Waals surface area contributed by atoms with Crippen LogP contribution in [0.1, 0.15) is 31.7 Å². The molecule has 2 aliphatic heterocycles. The van der Waals surface area contributed by atoms with Gasteiger partial charge in [0.2, 0.25) is 11.8 Å². The minimum atomic E-state index is -0.297. The maximum Gasteiger partial charge on any atom is 0.310 e. The zero-order chi connectivity index (χ0) is 19.2. The van der Waals surface area contributed by atoms with Gasteiger partial charge in [-0.3, -0.25) is 14.4 Å². The molecule has 1 aromatic rings. The Bertz CT molecular complexity index is 676. The summed E-state index contributed by atoms with van der Waals surface area (Å²) in [5.41, 5.74) is 1.19. The molecule has 0 radical (unpaired) electrons. The number of ether oxygens (including phenoxy) is 1. The van der Waals surface area contributed by atoms with Gasteiger partial charge in [-0.25, -0.2) is 0 Å². The highest BCUT2D eigenvalue weighted by atomic mass is 16.5. The fraction of sp³-hybridized carbons (Fsp3) is 0.571. The summed E-state index contributed by atoms with van der Waals surface area (Å²) in [6.07, 6.45) is 2.62. The van der Waals surface area contributed by atoms with Crippen LogP contribution in [0.4, 0.5) is 0 Å². The molecule has 6 heteroatoms. The molecule has 2 saturated heterocycles. The molecule has 0 spiro atoms. The summed E-state index contributed by atoms with van der Waals surface area (Å²) in [5.74, 6) is -0.715. The minimum Gasteiger partial charge on any atom is -0.466 e. The van der Waals surface area contributed by atoms with Crippen LogP contribution in [0.5, 0.6) is 0 Å². The molecule has 0 saturated carbocycles. The van der Waals surface area contributed by atoms with E-state index in [9.17, 15) is 14.4 Å². The van der Waals surface area contributed by atoms with Crippen molar-refractivity contribution in [3.63, 3.8) is 0 Å². The first kappa shape index (κ1) is 19.4. The maximum absolute atomic E-state index is 12.9. The van der Waals surface area contributed by atoms with Crippen molar-refractivity contribution >= 4 is 17.8 Å². The number of esters is 1. The summed E-state index contributed by atoms with van der Waals surface area (Å²) in [7, 11) is 0. The lowest BCUT2D eigenvalue weighted by molar-refractivity contribution is -0.152. The molecule has 2 heterocycles. The van der Waals surface area contributed by atoms with E-state index in [0.717, 1.165) is 19.3 Å². The fourth-order valence-electron chi connectivity index (χ4n) is 3.95. The van der Waals surface area contributed by atoms with Gasteiger partial charge in [0.1, 0.15) is 0 Å². The molecule has 2 aliphatic rings. The molecule has 0 N–H and O–H groups in total. The zero-order valence-electron chi connectivity index (χ0n) is 15.9. The van der Waals surface area contributed by atoms with Gasteiger partial charge in [0.15, 0.2) is 0 Å². The average molecular weight is 372 g/mol. The molecule has 2 unspecified atom stereocenters. The third-order valence-electron chi connectivity index (χ3n) is 5.43. The van der Waals surface area contributed by atoms with Crippen molar-refractivity contribution in [2.45, 2.75) is 32.6 Å². The monoisotopic (exact) mass is 372 g/mol. The van der Waals surface area contributed by atoms with E-state index in [2.05, 4.69) is 0 Å². The highest BCUT2D eigenvalue weighted by molar-refractivity contribution is 5.89. The largest absolute Gasteiger partial charge is 0.466 e. The number of benzene rings is 1. The van der Waals surface area contributed by atoms with Crippen molar-refractivity contribution in [2.75, 3.05) is 32.8 Å². The van der Waals surface area contributed by atoms with E-state index in [-0.39, 0.29) is 36.0 Å². The van der Waals surface area contributed by atoms with Crippen molar-refractivity contribution in [1.82, 2.24) is 9.80 Å². The van der Waals surface area contributed by atoms with E-state index in [0.29, 0.717) is 32.8 Å². The highest BCUT2D eigenvalue weighted by Crippen LogP contribution is 2.24. The number of carbonyl (C=O) groups excluding carboxylic acids is 3. The predicted molar refractivity (Wildman–Crippen MR) is 101 cm³/mol. The number of rotatable bonds is 6. The molecule has 6 nitrogen and oxygen atoms in total. The zero-order valence-corrected chi connectivity index (χ0v) is 15.9. The van der Waals surface area contributed by atoms with E-state index in [4.69, 9.17) is 4.74 Å². The number of nitrogens with zero attached hydrogens (tertiary/aromatic N) is 2. The van der Waals surface area contributed by atoms with Crippen molar-refractivity contribution in [3.05, 3.63) is 35.9 Å². The SMILES string of the molecule is CCOC(=O)C1CCCN(C(=O)C2CC(=O)N(CCc3ccccc3)C2)C1. The second-order valence-corrected chi connectivity index (χ2v) is 7.35. The first-order chi connectivity index (χ1) is 13.1. The lowest BCUT2D eigenvalue weighted by Gasteiger charge is -2.33. The lowest BCUT2D eigenvalue weighted by Crippen LogP contribution is -2.45. The van der Waals surface area contributed by atoms with E-state index < -0.39 is 0 Å². The van der Waals surface area contributed by atoms with Crippen LogP contribution >= 0.6 is 0 Å². The van der Waals surface area contributed by atoms with Gasteiger partial charge in [-0.05, 0) is 31.7 Å². The fourth-order valence-corrected chi connectivity index (χ4v) is 3.95. The van der Waals surface area contributed by atoms with Crippen LogP contribution in [-0.4, -0.2) is 60.4 Å². The number of likely N-dealkylation sites (tertiary alicyclic amines) is 2. The molecule has 1 aromatic carbocycles. The van der Waals surface area contributed by atoms with Crippen molar-refractivity contribution in [1.29, 1.82) is 0 Å². The van der Waals surface area contributed by atoms with Crippen LogP contribution in [0, 0.1) is 11.8 Å². The van der Waals surface area contributed by atoms with Crippen LogP contribution in [0.25, 0.3) is 0 Å². The number of piperidine rings is 1. The quantitative estimate of drug-likeness (QED) is 0.715. The Morgan fingerprint density at radius 3 is 2.67 bits per heavy atom. The minimum absolute atomic E-state index is 0.000408. The Hall–Kier alpha value is -2.37. The van der Waals surface area contributed by atoms with Crippen molar-refractivity contribution in [2.24, 2.45) is 11.8 Å². The molecule has 3 rings (SSSR count). The summed E-state index contributed by atoms with van der Waals surface area (Å²) in [4.78, 5) is 40.8. The summed E-state index contributed by atoms with van der Waals surface area (Å²) in [6.45, 7) is 4.33. The Labute approximate surface area is 160 Å². The first-order valence-corrected chi connectivity index (χ1v) is 9.85. The average Bonchev–Trinajstić information content (AvgIpc) is 3.07. The molecule has 146 valence electrons. The molecular formula is C21H28N2O4. The van der Waals surface area contributed by atoms with Gasteiger partial charge in [-0.15, -0.1) is 0 Å². The number of hydrogen-bond donors (Lipinski definition) is 0. The van der Waals surface area contributed by atoms with Crippen LogP contribution in [0.2, 0.25) is 0 Å². The standard InChI is InChI=1S/C21H28N2O4/c1-2-27-21(26)17-9-6-11-23(14-17)20(25)18-13-19(24)22(15-18)12-10-16-7-4-3-5-8-16/h3-5,7-8,17-18H,2,6,9-15H2,1H3. The van der Waals surface area contributed by atoms with Crippen molar-refractivity contribution in [3.8, 4) is 0 Å². The molecule has 0 bridgehead atoms. The van der Waals surface area contributed by atoms with Gasteiger partial charge in [0.25, 0.3) is 0 Å². The Kier molecular flexibility index (Phi) is 6.48. The van der Waals surface area contributed by atoms with E-state index >= 15 is 0 Å². The van der Waals surface area contributed by atoms with E-state index in [1.807, 2.05) is 30.3 Å². The van der Waals surface area contributed by atoms with Crippen LogP contribution in [-0.2, 0) is 25.5 Å². The number of carbonyl (C=O) groups is 3. The third kappa shape index (κ3) is 4.87. The van der Waals surface area contributed by atoms with Gasteiger partial charge in [-0.2, -0.15) is 0 Å². The Morgan fingerprint density at radius 1 is 1.15 bits per heavy atom. The van der Waals surface area contributed by atoms with Crippen LogP contribution < -0.4 is 0 Å². The van der Waals surface area contributed by atoms with Crippen LogP contribution in [0.15, 0.2) is 30.3 Å². The summed E-state index contributed by atoms with van der Waals surface area (Å²) >= 11 is 0. The van der Waals surface area contributed by atoms with Gasteiger partial charge in [0.05, 0.1) is 18.4 Å². The molecule has 2 fully saturated rings. The van der Waals surface area contributed by atoms with E-state index in [1.54, 1.807) is 16.7 Å². The predicted octanol–water partition coefficient (Wildman–Crippen LogP) is 1.88. The van der Waals surface area contributed by atoms with Gasteiger partial charge in [0, 0.05) is 32.6 Å². The smallest absolute Gasteiger partial charge is 0.310 e. The van der Waals surface area contributed by atoms with Crippen LogP contribution in [0.3, 0.4) is 0 Å². The summed E-state index contributed by atoms with van der Waals surface area (Å²) in [6, 6.07) is 10.0. The molecular weight excluding hydrogens is 344 g/mol. The first-order valence-electron chi connectivity index (χ1n) is 9.85. The molecule has 2 atom stereocenters. The topological polar surface area (TPSA) is 66.9 Å². The lowest BCUT2D eigenvalue weighted by atomic mass is 9.96. The summed E-state index contributed by atoms with van der Waals surface area (Å²) < 4.78 is 5.10. The van der Waals surface area contributed by atoms with Gasteiger partial charge in [-0.1, -0.05) is 30.3 Å². The normalized spacial score (nSPS) is 22.8. The molecule has 0 aromatic heterocycles. The third-order valence-corrected chi connectivity index (χ3v) is 5.43. The molecule has 2 amide bonds.